The molecule has 0 aliphatic heterocycles. The van der Waals surface area contributed by atoms with E-state index in [2.05, 4.69) is 5.32 Å². The Balaban J connectivity index is 1.91. The number of aromatic hydroxyl groups is 3. The highest BCUT2D eigenvalue weighted by molar-refractivity contribution is 7.91. The summed E-state index contributed by atoms with van der Waals surface area (Å²) in [5.41, 5.74) is -0.0920. The Morgan fingerprint density at radius 3 is 2.15 bits per heavy atom. The van der Waals surface area contributed by atoms with Gasteiger partial charge in [0, 0.05) is 5.69 Å². The second-order valence-electron chi connectivity index (χ2n) is 5.63. The summed E-state index contributed by atoms with van der Waals surface area (Å²) in [6.45, 7) is 0. The topological polar surface area (TPSA) is 124 Å². The minimum Gasteiger partial charge on any atom is -0.504 e. The molecule has 138 valence electrons. The quantitative estimate of drug-likeness (QED) is 0.512. The van der Waals surface area contributed by atoms with Crippen LogP contribution in [0.4, 0.5) is 5.69 Å². The molecular weight excluding hydrogens is 370 g/mol. The number of sulfone groups is 1. The van der Waals surface area contributed by atoms with E-state index in [1.54, 1.807) is 18.2 Å². The molecule has 4 N–H and O–H groups in total. The summed E-state index contributed by atoms with van der Waals surface area (Å²) in [6, 6.07) is 15.7. The van der Waals surface area contributed by atoms with Gasteiger partial charge in [-0.25, -0.2) is 8.42 Å². The minimum atomic E-state index is -3.76. The lowest BCUT2D eigenvalue weighted by molar-refractivity contribution is 0.102. The maximum atomic E-state index is 12.7. The third kappa shape index (κ3) is 3.56. The van der Waals surface area contributed by atoms with Crippen LogP contribution in [0.5, 0.6) is 17.2 Å². The van der Waals surface area contributed by atoms with Crippen LogP contribution in [0.15, 0.2) is 76.5 Å². The Labute approximate surface area is 155 Å². The lowest BCUT2D eigenvalue weighted by Crippen LogP contribution is -2.12. The number of hydrogen-bond acceptors (Lipinski definition) is 6. The lowest BCUT2D eigenvalue weighted by atomic mass is 10.1. The highest BCUT2D eigenvalue weighted by Crippen LogP contribution is 2.37. The van der Waals surface area contributed by atoms with Crippen molar-refractivity contribution in [2.45, 2.75) is 9.79 Å². The number of rotatable bonds is 4. The van der Waals surface area contributed by atoms with E-state index in [1.165, 1.54) is 36.4 Å². The molecule has 0 unspecified atom stereocenters. The predicted octanol–water partition coefficient (Wildman–Crippen LogP) is 2.89. The van der Waals surface area contributed by atoms with Gasteiger partial charge in [-0.2, -0.15) is 0 Å². The smallest absolute Gasteiger partial charge is 0.259 e. The van der Waals surface area contributed by atoms with Crippen molar-refractivity contribution in [3.63, 3.8) is 0 Å². The number of hydrogen-bond donors (Lipinski definition) is 4. The summed E-state index contributed by atoms with van der Waals surface area (Å²) < 4.78 is 25.3. The normalized spacial score (nSPS) is 11.1. The van der Waals surface area contributed by atoms with Crippen molar-refractivity contribution < 1.29 is 28.5 Å². The monoisotopic (exact) mass is 385 g/mol. The number of benzene rings is 3. The number of carbonyl (C=O) groups excluding carboxylic acids is 1. The molecular formula is C19H15NO6S. The summed E-state index contributed by atoms with van der Waals surface area (Å²) in [7, 11) is -3.76. The standard InChI is InChI=1S/C19H15NO6S/c21-16-10-9-15(17(22)18(16)23)19(24)20-12-5-4-8-14(11-12)27(25,26)13-6-2-1-3-7-13/h1-11,21-23H,(H,20,24). The molecule has 1 amide bonds. The molecule has 0 aliphatic carbocycles. The number of carbonyl (C=O) groups is 1. The fraction of sp³-hybridized carbons (Fsp3) is 0. The van der Waals surface area contributed by atoms with Gasteiger partial charge in [0.15, 0.2) is 11.5 Å². The van der Waals surface area contributed by atoms with E-state index in [0.717, 1.165) is 12.1 Å². The number of amides is 1. The van der Waals surface area contributed by atoms with Crippen molar-refractivity contribution in [2.24, 2.45) is 0 Å². The third-order valence-corrected chi connectivity index (χ3v) is 5.60. The van der Waals surface area contributed by atoms with E-state index in [9.17, 15) is 28.5 Å². The van der Waals surface area contributed by atoms with Gasteiger partial charge < -0.3 is 20.6 Å². The number of phenols is 3. The van der Waals surface area contributed by atoms with Gasteiger partial charge in [0.2, 0.25) is 15.6 Å². The van der Waals surface area contributed by atoms with E-state index < -0.39 is 33.0 Å². The maximum absolute atomic E-state index is 12.7. The van der Waals surface area contributed by atoms with Crippen LogP contribution in [0, 0.1) is 0 Å². The summed E-state index contributed by atoms with van der Waals surface area (Å²) in [6.07, 6.45) is 0. The average Bonchev–Trinajstić information content (AvgIpc) is 2.67. The van der Waals surface area contributed by atoms with Crippen LogP contribution in [-0.2, 0) is 9.84 Å². The molecule has 0 heterocycles. The molecule has 27 heavy (non-hydrogen) atoms. The SMILES string of the molecule is O=C(Nc1cccc(S(=O)(=O)c2ccccc2)c1)c1ccc(O)c(O)c1O. The van der Waals surface area contributed by atoms with Gasteiger partial charge in [0.25, 0.3) is 5.91 Å². The highest BCUT2D eigenvalue weighted by Gasteiger charge is 2.20. The van der Waals surface area contributed by atoms with Crippen molar-refractivity contribution in [2.75, 3.05) is 5.32 Å². The Morgan fingerprint density at radius 1 is 0.778 bits per heavy atom. The second-order valence-corrected chi connectivity index (χ2v) is 7.58. The van der Waals surface area contributed by atoms with Gasteiger partial charge >= 0.3 is 0 Å². The molecule has 7 nitrogen and oxygen atoms in total. The summed E-state index contributed by atoms with van der Waals surface area (Å²) in [5, 5.41) is 31.1. The first-order valence-corrected chi connectivity index (χ1v) is 9.24. The molecule has 8 heteroatoms. The van der Waals surface area contributed by atoms with Crippen LogP contribution in [0.3, 0.4) is 0 Å². The van der Waals surface area contributed by atoms with Crippen LogP contribution in [0.2, 0.25) is 0 Å². The molecule has 0 aliphatic rings. The number of anilines is 1. The molecule has 3 aromatic carbocycles. The Bertz CT molecular complexity index is 1110. The molecule has 0 saturated heterocycles. The summed E-state index contributed by atoms with van der Waals surface area (Å²) >= 11 is 0. The zero-order valence-corrected chi connectivity index (χ0v) is 14.6. The Morgan fingerprint density at radius 2 is 1.44 bits per heavy atom. The van der Waals surface area contributed by atoms with Crippen molar-refractivity contribution in [1.29, 1.82) is 0 Å². The first-order chi connectivity index (χ1) is 12.8. The third-order valence-electron chi connectivity index (χ3n) is 3.83. The fourth-order valence-electron chi connectivity index (χ4n) is 2.43. The van der Waals surface area contributed by atoms with Gasteiger partial charge in [-0.05, 0) is 42.5 Å². The molecule has 0 saturated carbocycles. The van der Waals surface area contributed by atoms with Gasteiger partial charge in [-0.15, -0.1) is 0 Å². The fourth-order valence-corrected chi connectivity index (χ4v) is 3.75. The minimum absolute atomic E-state index is 0.00993. The highest BCUT2D eigenvalue weighted by atomic mass is 32.2. The maximum Gasteiger partial charge on any atom is 0.259 e. The molecule has 0 atom stereocenters. The van der Waals surface area contributed by atoms with Crippen molar-refractivity contribution in [3.05, 3.63) is 72.3 Å². The lowest BCUT2D eigenvalue weighted by Gasteiger charge is -2.10. The summed E-state index contributed by atoms with van der Waals surface area (Å²) in [5.74, 6) is -2.94. The zero-order chi connectivity index (χ0) is 19.6. The Hall–Kier alpha value is -3.52. The molecule has 0 fully saturated rings. The van der Waals surface area contributed by atoms with Crippen molar-refractivity contribution >= 4 is 21.4 Å². The first kappa shape index (κ1) is 18.3. The molecule has 3 aromatic rings. The van der Waals surface area contributed by atoms with Crippen LogP contribution in [-0.4, -0.2) is 29.6 Å². The van der Waals surface area contributed by atoms with E-state index in [-0.39, 0.29) is 21.0 Å². The van der Waals surface area contributed by atoms with Gasteiger partial charge in [0.1, 0.15) is 0 Å². The predicted molar refractivity (Wildman–Crippen MR) is 97.7 cm³/mol. The summed E-state index contributed by atoms with van der Waals surface area (Å²) in [4.78, 5) is 12.4. The molecule has 0 aromatic heterocycles. The van der Waals surface area contributed by atoms with E-state index >= 15 is 0 Å². The van der Waals surface area contributed by atoms with E-state index in [4.69, 9.17) is 0 Å². The second kappa shape index (κ2) is 7.00. The molecule has 3 rings (SSSR count). The van der Waals surface area contributed by atoms with E-state index in [0.29, 0.717) is 0 Å². The van der Waals surface area contributed by atoms with Gasteiger partial charge in [0.05, 0.1) is 15.4 Å². The molecule has 0 radical (unpaired) electrons. The van der Waals surface area contributed by atoms with Crippen LogP contribution >= 0.6 is 0 Å². The van der Waals surface area contributed by atoms with Gasteiger partial charge in [-0.3, -0.25) is 4.79 Å². The van der Waals surface area contributed by atoms with Crippen LogP contribution in [0.1, 0.15) is 10.4 Å². The van der Waals surface area contributed by atoms with Crippen LogP contribution in [0.25, 0.3) is 0 Å². The van der Waals surface area contributed by atoms with Crippen molar-refractivity contribution in [1.82, 2.24) is 0 Å². The number of phenolic OH excluding ortho intramolecular Hbond substituents is 3. The van der Waals surface area contributed by atoms with E-state index in [1.807, 2.05) is 0 Å². The van der Waals surface area contributed by atoms with Gasteiger partial charge in [-0.1, -0.05) is 24.3 Å². The first-order valence-electron chi connectivity index (χ1n) is 7.76. The molecule has 0 bridgehead atoms. The van der Waals surface area contributed by atoms with Crippen LogP contribution < -0.4 is 5.32 Å². The molecule has 0 spiro atoms. The largest absolute Gasteiger partial charge is 0.504 e. The van der Waals surface area contributed by atoms with Crippen molar-refractivity contribution in [3.8, 4) is 17.2 Å². The average molecular weight is 385 g/mol. The Kier molecular flexibility index (Phi) is 4.74. The number of nitrogens with one attached hydrogen (secondary N) is 1. The zero-order valence-electron chi connectivity index (χ0n) is 13.8.